The molecule has 2 N–H and O–H groups in total. The molecule has 4 nitrogen and oxygen atoms in total. The molecule has 0 amide bonds. The normalized spacial score (nSPS) is 19.9. The molecule has 0 spiro atoms. The van der Waals surface area contributed by atoms with Crippen LogP contribution in [0, 0.1) is 0 Å². The van der Waals surface area contributed by atoms with Gasteiger partial charge in [-0.1, -0.05) is 18.5 Å². The van der Waals surface area contributed by atoms with E-state index in [1.54, 1.807) is 0 Å². The van der Waals surface area contributed by atoms with E-state index in [4.69, 9.17) is 11.6 Å². The maximum absolute atomic E-state index is 6.17. The Hall–Kier alpha value is -1.26. The van der Waals surface area contributed by atoms with Crippen molar-refractivity contribution >= 4 is 28.2 Å². The van der Waals surface area contributed by atoms with Gasteiger partial charge in [0.05, 0.1) is 11.7 Å². The number of nitrogens with zero attached hydrogens (tertiary/aromatic N) is 2. The number of aromatic amines is 1. The molecule has 0 bridgehead atoms. The zero-order chi connectivity index (χ0) is 12.5. The Bertz CT molecular complexity index is 551. The third kappa shape index (κ3) is 2.06. The Morgan fingerprint density at radius 2 is 2.44 bits per heavy atom. The van der Waals surface area contributed by atoms with E-state index in [0.29, 0.717) is 6.04 Å². The second-order valence-electron chi connectivity index (χ2n) is 4.75. The van der Waals surface area contributed by atoms with Crippen molar-refractivity contribution in [2.24, 2.45) is 0 Å². The number of benzene rings is 1. The number of anilines is 1. The van der Waals surface area contributed by atoms with Gasteiger partial charge in [-0.3, -0.25) is 5.10 Å². The van der Waals surface area contributed by atoms with Gasteiger partial charge < -0.3 is 10.2 Å². The van der Waals surface area contributed by atoms with Crippen LogP contribution in [-0.2, 0) is 0 Å². The van der Waals surface area contributed by atoms with Crippen molar-refractivity contribution in [2.75, 3.05) is 24.5 Å². The summed E-state index contributed by atoms with van der Waals surface area (Å²) in [4.78, 5) is 2.39. The summed E-state index contributed by atoms with van der Waals surface area (Å²) in [7, 11) is 0. The molecule has 1 unspecified atom stereocenters. The van der Waals surface area contributed by atoms with Crippen LogP contribution in [0.5, 0.6) is 0 Å². The lowest BCUT2D eigenvalue weighted by molar-refractivity contribution is 0.572. The summed E-state index contributed by atoms with van der Waals surface area (Å²) in [6, 6.07) is 4.54. The van der Waals surface area contributed by atoms with Crippen molar-refractivity contribution in [2.45, 2.75) is 19.4 Å². The van der Waals surface area contributed by atoms with Crippen LogP contribution in [0.3, 0.4) is 0 Å². The first kappa shape index (κ1) is 11.8. The van der Waals surface area contributed by atoms with Crippen molar-refractivity contribution < 1.29 is 0 Å². The third-order valence-electron chi connectivity index (χ3n) is 3.52. The van der Waals surface area contributed by atoms with Crippen LogP contribution < -0.4 is 10.2 Å². The molecule has 18 heavy (non-hydrogen) atoms. The molecule has 1 aliphatic heterocycles. The maximum Gasteiger partial charge on any atom is 0.0686 e. The molecule has 0 saturated carbocycles. The fourth-order valence-corrected chi connectivity index (χ4v) is 2.91. The molecular formula is C13H17ClN4. The van der Waals surface area contributed by atoms with Gasteiger partial charge in [-0.25, -0.2) is 0 Å². The lowest BCUT2D eigenvalue weighted by Gasteiger charge is -2.20. The second kappa shape index (κ2) is 4.78. The number of H-pyrrole nitrogens is 1. The summed E-state index contributed by atoms with van der Waals surface area (Å²) in [6.07, 6.45) is 3.06. The van der Waals surface area contributed by atoms with Crippen LogP contribution in [-0.4, -0.2) is 35.9 Å². The first-order chi connectivity index (χ1) is 8.78. The minimum absolute atomic E-state index is 0.580. The Morgan fingerprint density at radius 1 is 1.56 bits per heavy atom. The summed E-state index contributed by atoms with van der Waals surface area (Å²) in [5.41, 5.74) is 2.19. The molecule has 3 rings (SSSR count). The highest BCUT2D eigenvalue weighted by Crippen LogP contribution is 2.31. The Labute approximate surface area is 111 Å². The van der Waals surface area contributed by atoms with E-state index in [1.807, 2.05) is 18.3 Å². The number of nitrogens with one attached hydrogen (secondary N) is 2. The lowest BCUT2D eigenvalue weighted by atomic mass is 10.2. The monoisotopic (exact) mass is 264 g/mol. The van der Waals surface area contributed by atoms with Gasteiger partial charge in [-0.05, 0) is 25.1 Å². The minimum atomic E-state index is 0.580. The van der Waals surface area contributed by atoms with Gasteiger partial charge >= 0.3 is 0 Å². The van der Waals surface area contributed by atoms with Crippen molar-refractivity contribution in [3.05, 3.63) is 23.4 Å². The molecule has 1 aromatic carbocycles. The molecule has 5 heteroatoms. The van der Waals surface area contributed by atoms with E-state index in [-0.39, 0.29) is 0 Å². The zero-order valence-corrected chi connectivity index (χ0v) is 11.2. The van der Waals surface area contributed by atoms with Gasteiger partial charge in [0.25, 0.3) is 0 Å². The third-order valence-corrected chi connectivity index (χ3v) is 3.74. The Balaban J connectivity index is 1.92. The van der Waals surface area contributed by atoms with Gasteiger partial charge in [0.15, 0.2) is 0 Å². The van der Waals surface area contributed by atoms with Gasteiger partial charge in [-0.2, -0.15) is 5.10 Å². The van der Waals surface area contributed by atoms with Crippen molar-refractivity contribution in [1.82, 2.24) is 15.5 Å². The van der Waals surface area contributed by atoms with Crippen LogP contribution in [0.1, 0.15) is 13.3 Å². The summed E-state index contributed by atoms with van der Waals surface area (Å²) in [5, 5.41) is 12.5. The highest BCUT2D eigenvalue weighted by Gasteiger charge is 2.23. The van der Waals surface area contributed by atoms with Gasteiger partial charge in [0.1, 0.15) is 0 Å². The van der Waals surface area contributed by atoms with Crippen LogP contribution >= 0.6 is 11.6 Å². The number of hydrogen-bond acceptors (Lipinski definition) is 3. The first-order valence-corrected chi connectivity index (χ1v) is 6.76. The molecule has 2 aromatic rings. The zero-order valence-electron chi connectivity index (χ0n) is 10.4. The highest BCUT2D eigenvalue weighted by atomic mass is 35.5. The van der Waals surface area contributed by atoms with E-state index >= 15 is 0 Å². The van der Waals surface area contributed by atoms with Crippen molar-refractivity contribution in [3.63, 3.8) is 0 Å². The second-order valence-corrected chi connectivity index (χ2v) is 5.18. The largest absolute Gasteiger partial charge is 0.369 e. The lowest BCUT2D eigenvalue weighted by Crippen LogP contribution is -2.32. The van der Waals surface area contributed by atoms with Gasteiger partial charge in [-0.15, -0.1) is 0 Å². The Kier molecular flexibility index (Phi) is 3.14. The molecule has 1 saturated heterocycles. The van der Waals surface area contributed by atoms with Gasteiger partial charge in [0, 0.05) is 35.2 Å². The fourth-order valence-electron chi connectivity index (χ4n) is 2.69. The highest BCUT2D eigenvalue weighted by molar-refractivity contribution is 6.31. The molecule has 1 aromatic heterocycles. The summed E-state index contributed by atoms with van der Waals surface area (Å²) < 4.78 is 0. The predicted molar refractivity (Wildman–Crippen MR) is 75.4 cm³/mol. The maximum atomic E-state index is 6.17. The molecule has 0 aliphatic carbocycles. The standard InChI is InChI=1S/C13H17ClN4/c1-2-15-10-3-4-18(8-10)13-6-9(14)5-12-11(13)7-16-17-12/h5-7,10,15H,2-4,8H2,1H3,(H,16,17). The summed E-state index contributed by atoms with van der Waals surface area (Å²) in [6.45, 7) is 5.28. The number of likely N-dealkylation sites (N-methyl/N-ethyl adjacent to an activating group) is 1. The predicted octanol–water partition coefficient (Wildman–Crippen LogP) is 2.40. The number of aromatic nitrogens is 2. The summed E-state index contributed by atoms with van der Waals surface area (Å²) >= 11 is 6.17. The van der Waals surface area contributed by atoms with Crippen LogP contribution in [0.4, 0.5) is 5.69 Å². The molecule has 0 radical (unpaired) electrons. The van der Waals surface area contributed by atoms with Crippen LogP contribution in [0.2, 0.25) is 5.02 Å². The number of rotatable bonds is 3. The smallest absolute Gasteiger partial charge is 0.0686 e. The number of fused-ring (bicyclic) bond motifs is 1. The average Bonchev–Trinajstić information content (AvgIpc) is 2.96. The minimum Gasteiger partial charge on any atom is -0.369 e. The fraction of sp³-hybridized carbons (Fsp3) is 0.462. The molecule has 1 fully saturated rings. The molecule has 96 valence electrons. The quantitative estimate of drug-likeness (QED) is 0.895. The SMILES string of the molecule is CCNC1CCN(c2cc(Cl)cc3[nH]ncc23)C1. The van der Waals surface area contributed by atoms with Crippen molar-refractivity contribution in [3.8, 4) is 0 Å². The number of halogens is 1. The number of hydrogen-bond donors (Lipinski definition) is 2. The van der Waals surface area contributed by atoms with Crippen molar-refractivity contribution in [1.29, 1.82) is 0 Å². The molecular weight excluding hydrogens is 248 g/mol. The van der Waals surface area contributed by atoms with E-state index in [0.717, 1.165) is 35.6 Å². The topological polar surface area (TPSA) is 44.0 Å². The first-order valence-electron chi connectivity index (χ1n) is 6.39. The Morgan fingerprint density at radius 3 is 3.28 bits per heavy atom. The average molecular weight is 265 g/mol. The van der Waals surface area contributed by atoms with Crippen LogP contribution in [0.25, 0.3) is 10.9 Å². The molecule has 1 atom stereocenters. The van der Waals surface area contributed by atoms with E-state index < -0.39 is 0 Å². The van der Waals surface area contributed by atoms with E-state index in [9.17, 15) is 0 Å². The molecule has 2 heterocycles. The van der Waals surface area contributed by atoms with Gasteiger partial charge in [0.2, 0.25) is 0 Å². The summed E-state index contributed by atoms with van der Waals surface area (Å²) in [5.74, 6) is 0. The van der Waals surface area contributed by atoms with E-state index in [2.05, 4.69) is 27.3 Å². The molecule has 1 aliphatic rings. The van der Waals surface area contributed by atoms with E-state index in [1.165, 1.54) is 12.1 Å². The van der Waals surface area contributed by atoms with Crippen LogP contribution in [0.15, 0.2) is 18.3 Å².